The molecule has 0 radical (unpaired) electrons. The van der Waals surface area contributed by atoms with Crippen LogP contribution in [0.4, 0.5) is 23.0 Å². The van der Waals surface area contributed by atoms with Gasteiger partial charge in [-0.15, -0.1) is 22.7 Å². The van der Waals surface area contributed by atoms with Gasteiger partial charge in [-0.25, -0.2) is 19.9 Å². The number of ether oxygens (including phenoxy) is 2. The predicted octanol–water partition coefficient (Wildman–Crippen LogP) is 7.28. The lowest BCUT2D eigenvalue weighted by molar-refractivity contribution is -0.142. The largest absolute Gasteiger partial charge is 0.495 e. The normalized spacial score (nSPS) is 18.3. The zero-order valence-corrected chi connectivity index (χ0v) is 34.2. The Labute approximate surface area is 347 Å². The Bertz CT molecular complexity index is 2740. The van der Waals surface area contributed by atoms with Crippen LogP contribution in [0.1, 0.15) is 62.4 Å². The second-order valence-electron chi connectivity index (χ2n) is 15.4. The number of carbonyl (C=O) groups excluding carboxylic acids is 1. The van der Waals surface area contributed by atoms with E-state index < -0.39 is 5.97 Å². The van der Waals surface area contributed by atoms with E-state index in [2.05, 4.69) is 46.6 Å². The van der Waals surface area contributed by atoms with Gasteiger partial charge in [0.25, 0.3) is 0 Å². The van der Waals surface area contributed by atoms with Crippen LogP contribution in [0.2, 0.25) is 0 Å². The summed E-state index contributed by atoms with van der Waals surface area (Å²) in [5, 5.41) is 18.3. The fourth-order valence-corrected chi connectivity index (χ4v) is 11.2. The first kappa shape index (κ1) is 37.3. The number of likely N-dealkylation sites (tertiary alicyclic amines) is 1. The molecule has 0 bridgehead atoms. The van der Waals surface area contributed by atoms with Crippen LogP contribution in [-0.2, 0) is 48.4 Å². The van der Waals surface area contributed by atoms with E-state index in [0.29, 0.717) is 31.8 Å². The maximum atomic E-state index is 12.7. The number of aromatic nitrogens is 4. The van der Waals surface area contributed by atoms with E-state index in [0.717, 1.165) is 122 Å². The van der Waals surface area contributed by atoms with Crippen molar-refractivity contribution in [2.24, 2.45) is 21.8 Å². The van der Waals surface area contributed by atoms with E-state index in [-0.39, 0.29) is 11.8 Å². The van der Waals surface area contributed by atoms with Gasteiger partial charge in [0.1, 0.15) is 45.5 Å². The molecule has 2 unspecified atom stereocenters. The summed E-state index contributed by atoms with van der Waals surface area (Å²) in [6, 6.07) is 8.14. The van der Waals surface area contributed by atoms with Gasteiger partial charge in [0, 0.05) is 41.2 Å². The minimum absolute atomic E-state index is 0.0984. The van der Waals surface area contributed by atoms with Crippen molar-refractivity contribution < 1.29 is 24.2 Å². The summed E-state index contributed by atoms with van der Waals surface area (Å²) in [5.41, 5.74) is 8.65. The average molecular weight is 828 g/mol. The van der Waals surface area contributed by atoms with Crippen molar-refractivity contribution in [1.82, 2.24) is 24.8 Å². The first-order valence-corrected chi connectivity index (χ1v) is 21.5. The van der Waals surface area contributed by atoms with Crippen molar-refractivity contribution in [3.8, 4) is 11.5 Å². The molecule has 5 aliphatic rings. The van der Waals surface area contributed by atoms with E-state index >= 15 is 0 Å². The number of aliphatic carboxylic acids is 1. The quantitative estimate of drug-likeness (QED) is 0.141. The number of anilines is 4. The Morgan fingerprint density at radius 2 is 1.24 bits per heavy atom. The van der Waals surface area contributed by atoms with Gasteiger partial charge in [-0.3, -0.25) is 19.6 Å². The average Bonchev–Trinajstić information content (AvgIpc) is 4.04. The molecular weight excluding hydrogens is 787 g/mol. The lowest BCUT2D eigenvalue weighted by atomic mass is 9.86. The molecule has 11 rings (SSSR count). The smallest absolute Gasteiger partial charge is 0.306 e. The molecule has 16 heteroatoms. The summed E-state index contributed by atoms with van der Waals surface area (Å²) in [5.74, 6) is 2.42. The highest BCUT2D eigenvalue weighted by molar-refractivity contribution is 7.19. The van der Waals surface area contributed by atoms with Crippen molar-refractivity contribution in [3.05, 3.63) is 80.1 Å². The van der Waals surface area contributed by atoms with E-state index in [9.17, 15) is 14.7 Å². The molecule has 3 N–H and O–H groups in total. The highest BCUT2D eigenvalue weighted by Gasteiger charge is 2.34. The Balaban J connectivity index is 0.000000143. The monoisotopic (exact) mass is 827 g/mol. The molecule has 2 aliphatic carbocycles. The number of hydrogen-bond acceptors (Lipinski definition) is 14. The summed E-state index contributed by atoms with van der Waals surface area (Å²) in [7, 11) is 3.33. The third-order valence-electron chi connectivity index (χ3n) is 12.0. The second kappa shape index (κ2) is 15.3. The molecule has 1 amide bonds. The molecule has 2 atom stereocenters. The van der Waals surface area contributed by atoms with Gasteiger partial charge in [0.15, 0.2) is 0 Å². The van der Waals surface area contributed by atoms with Crippen molar-refractivity contribution in [1.29, 1.82) is 0 Å². The number of carboxylic acids is 1. The predicted molar refractivity (Wildman–Crippen MR) is 230 cm³/mol. The van der Waals surface area contributed by atoms with Gasteiger partial charge in [-0.05, 0) is 103 Å². The molecule has 0 saturated carbocycles. The number of rotatable bonds is 8. The van der Waals surface area contributed by atoms with Crippen molar-refractivity contribution in [3.63, 3.8) is 0 Å². The second-order valence-corrected chi connectivity index (χ2v) is 17.6. The molecule has 7 heterocycles. The van der Waals surface area contributed by atoms with Gasteiger partial charge in [-0.1, -0.05) is 0 Å². The van der Waals surface area contributed by atoms with E-state index in [1.165, 1.54) is 21.6 Å². The maximum absolute atomic E-state index is 12.7. The molecule has 14 nitrogen and oxygen atoms in total. The SMILES string of the molecule is COc1cc2c(cc1Nc1ncnc3sc4c(c13)CCC(C(=O)N1CCC1)C4)C=NC2.COc1cc2c(cc1Nc1ncnc3sc4c(c13)CCC(C(=O)O)C4)C=NC2. The number of carboxylic acid groups (broad SMARTS) is 1. The van der Waals surface area contributed by atoms with Gasteiger partial charge in [-0.2, -0.15) is 0 Å². The summed E-state index contributed by atoms with van der Waals surface area (Å²) in [6.45, 7) is 3.20. The molecule has 4 aromatic heterocycles. The van der Waals surface area contributed by atoms with Crippen LogP contribution in [0.15, 0.2) is 46.9 Å². The van der Waals surface area contributed by atoms with E-state index in [1.54, 1.807) is 49.5 Å². The lowest BCUT2D eigenvalue weighted by Gasteiger charge is -2.35. The Kier molecular flexibility index (Phi) is 9.67. The molecule has 1 fully saturated rings. The van der Waals surface area contributed by atoms with Crippen LogP contribution < -0.4 is 20.1 Å². The summed E-state index contributed by atoms with van der Waals surface area (Å²) in [4.78, 5) is 57.1. The summed E-state index contributed by atoms with van der Waals surface area (Å²) in [6.07, 6.45) is 12.6. The molecule has 300 valence electrons. The number of aryl methyl sites for hydroxylation is 2. The first-order chi connectivity index (χ1) is 28.8. The van der Waals surface area contributed by atoms with Gasteiger partial charge in [0.2, 0.25) is 5.91 Å². The molecule has 2 aromatic carbocycles. The minimum atomic E-state index is -0.725. The third kappa shape index (κ3) is 6.83. The highest BCUT2D eigenvalue weighted by Crippen LogP contribution is 2.44. The number of hydrogen-bond donors (Lipinski definition) is 3. The number of carbonyl (C=O) groups is 2. The van der Waals surface area contributed by atoms with Crippen molar-refractivity contribution in [2.45, 2.75) is 58.0 Å². The summed E-state index contributed by atoms with van der Waals surface area (Å²) < 4.78 is 11.2. The molecule has 59 heavy (non-hydrogen) atoms. The lowest BCUT2D eigenvalue weighted by Crippen LogP contribution is -2.46. The molecule has 6 aromatic rings. The van der Waals surface area contributed by atoms with Crippen LogP contribution in [0.3, 0.4) is 0 Å². The molecule has 3 aliphatic heterocycles. The van der Waals surface area contributed by atoms with Crippen molar-refractivity contribution >= 4 is 90.4 Å². The molecule has 0 spiro atoms. The Morgan fingerprint density at radius 3 is 1.71 bits per heavy atom. The van der Waals surface area contributed by atoms with Gasteiger partial charge < -0.3 is 30.1 Å². The maximum Gasteiger partial charge on any atom is 0.306 e. The first-order valence-electron chi connectivity index (χ1n) is 19.8. The van der Waals surface area contributed by atoms with E-state index in [4.69, 9.17) is 9.47 Å². The number of fused-ring (bicyclic) bond motifs is 8. The highest BCUT2D eigenvalue weighted by atomic mass is 32.1. The molecular formula is C43H41N9O5S2. The van der Waals surface area contributed by atoms with E-state index in [1.807, 2.05) is 35.5 Å². The Morgan fingerprint density at radius 1 is 0.729 bits per heavy atom. The number of benzene rings is 2. The number of methoxy groups -OCH3 is 2. The number of aliphatic imine (C=N–C) groups is 2. The van der Waals surface area contributed by atoms with Crippen LogP contribution in [0.5, 0.6) is 11.5 Å². The van der Waals surface area contributed by atoms with Crippen LogP contribution in [0.25, 0.3) is 20.4 Å². The van der Waals surface area contributed by atoms with Gasteiger partial charge >= 0.3 is 5.97 Å². The Hall–Kier alpha value is -6.00. The minimum Gasteiger partial charge on any atom is -0.495 e. The molecule has 1 saturated heterocycles. The number of amides is 1. The van der Waals surface area contributed by atoms with Crippen LogP contribution in [-0.4, -0.2) is 81.6 Å². The standard InChI is InChI=1S/C23H23N5O2S.C20H18N4O3S/c1-30-18-8-15-11-24-10-14(15)7-17(18)27-21-20-16-4-3-13(23(29)28-5-2-6-28)9-19(16)31-22(20)26-12-25-21;1-27-15-5-12-8-21-7-11(12)4-14(15)24-18-17-13-3-2-10(20(25)26)6-16(13)28-19(17)23-9-22-18/h7-8,10,12-13H,2-6,9,11H2,1H3,(H,25,26,27);4-5,7,9-10H,2-3,6,8H2,1H3,(H,25,26)(H,22,23,24). The van der Waals surface area contributed by atoms with Crippen LogP contribution in [0, 0.1) is 11.8 Å². The number of nitrogens with zero attached hydrogens (tertiary/aromatic N) is 7. The summed E-state index contributed by atoms with van der Waals surface area (Å²) >= 11 is 3.27. The van der Waals surface area contributed by atoms with Gasteiger partial charge in [0.05, 0.1) is 55.4 Å². The van der Waals surface area contributed by atoms with Crippen LogP contribution >= 0.6 is 22.7 Å². The zero-order valence-electron chi connectivity index (χ0n) is 32.6. The number of thiophene rings is 2. The van der Waals surface area contributed by atoms with Crippen molar-refractivity contribution in [2.75, 3.05) is 37.9 Å². The topological polar surface area (TPSA) is 176 Å². The third-order valence-corrected chi connectivity index (χ3v) is 14.3. The number of nitrogens with one attached hydrogen (secondary N) is 2. The fourth-order valence-electron chi connectivity index (χ4n) is 8.69. The fraction of sp³-hybridized carbons (Fsp3) is 0.349. The zero-order chi connectivity index (χ0) is 40.2.